The standard InChI is InChI=1S/C12H22N4O2S/c1-9-12(19(17,18)13-3)10(2)16(15-9)8-4-7-14-11-5-6-11/h11,13-14H,4-8H2,1-3H3. The zero-order valence-corrected chi connectivity index (χ0v) is 12.5. The predicted octanol–water partition coefficient (Wildman–Crippen LogP) is 0.550. The molecule has 0 unspecified atom stereocenters. The molecule has 0 spiro atoms. The second-order valence-corrected chi connectivity index (χ2v) is 6.84. The summed E-state index contributed by atoms with van der Waals surface area (Å²) >= 11 is 0. The van der Waals surface area contributed by atoms with Crippen LogP contribution in [0.15, 0.2) is 4.90 Å². The van der Waals surface area contributed by atoms with E-state index in [1.807, 2.05) is 0 Å². The Kier molecular flexibility index (Phi) is 4.27. The Morgan fingerprint density at radius 2 is 2.05 bits per heavy atom. The smallest absolute Gasteiger partial charge is 0.243 e. The van der Waals surface area contributed by atoms with Crippen molar-refractivity contribution >= 4 is 10.0 Å². The average Bonchev–Trinajstić information content (AvgIpc) is 3.12. The van der Waals surface area contributed by atoms with Gasteiger partial charge in [-0.05, 0) is 46.7 Å². The van der Waals surface area contributed by atoms with Gasteiger partial charge >= 0.3 is 0 Å². The molecule has 0 atom stereocenters. The van der Waals surface area contributed by atoms with Crippen LogP contribution in [0.5, 0.6) is 0 Å². The lowest BCUT2D eigenvalue weighted by Crippen LogP contribution is -2.21. The molecule has 7 heteroatoms. The van der Waals surface area contributed by atoms with Crippen LogP contribution in [0.2, 0.25) is 0 Å². The Morgan fingerprint density at radius 3 is 2.63 bits per heavy atom. The fourth-order valence-corrected chi connectivity index (χ4v) is 3.34. The number of hydrogen-bond acceptors (Lipinski definition) is 4. The number of aryl methyl sites for hydroxylation is 2. The molecule has 0 aromatic carbocycles. The van der Waals surface area contributed by atoms with Gasteiger partial charge in [-0.25, -0.2) is 13.1 Å². The lowest BCUT2D eigenvalue weighted by Gasteiger charge is -2.06. The normalized spacial score (nSPS) is 15.9. The summed E-state index contributed by atoms with van der Waals surface area (Å²) in [7, 11) is -2.00. The topological polar surface area (TPSA) is 76.0 Å². The number of nitrogens with one attached hydrogen (secondary N) is 2. The molecule has 0 radical (unpaired) electrons. The van der Waals surface area contributed by atoms with Crippen LogP contribution in [0.1, 0.15) is 30.7 Å². The highest BCUT2D eigenvalue weighted by Crippen LogP contribution is 2.20. The fourth-order valence-electron chi connectivity index (χ4n) is 2.21. The van der Waals surface area contributed by atoms with Crippen LogP contribution in [0.4, 0.5) is 0 Å². The fraction of sp³-hybridized carbons (Fsp3) is 0.750. The van der Waals surface area contributed by atoms with Crippen molar-refractivity contribution in [1.29, 1.82) is 0 Å². The summed E-state index contributed by atoms with van der Waals surface area (Å²) in [5.74, 6) is 0. The van der Waals surface area contributed by atoms with Crippen molar-refractivity contribution in [1.82, 2.24) is 19.8 Å². The minimum Gasteiger partial charge on any atom is -0.314 e. The number of hydrogen-bond donors (Lipinski definition) is 2. The molecule has 1 fully saturated rings. The quantitative estimate of drug-likeness (QED) is 0.718. The molecule has 2 rings (SSSR count). The minimum absolute atomic E-state index is 0.310. The second-order valence-electron chi connectivity index (χ2n) is 5.01. The van der Waals surface area contributed by atoms with Crippen LogP contribution in [-0.4, -0.2) is 37.8 Å². The van der Waals surface area contributed by atoms with E-state index in [4.69, 9.17) is 0 Å². The van der Waals surface area contributed by atoms with Crippen molar-refractivity contribution in [2.24, 2.45) is 0 Å². The van der Waals surface area contributed by atoms with Crippen molar-refractivity contribution in [3.63, 3.8) is 0 Å². The Balaban J connectivity index is 2.03. The largest absolute Gasteiger partial charge is 0.314 e. The van der Waals surface area contributed by atoms with Crippen molar-refractivity contribution < 1.29 is 8.42 Å². The van der Waals surface area contributed by atoms with Crippen LogP contribution in [0.3, 0.4) is 0 Å². The van der Waals surface area contributed by atoms with Crippen molar-refractivity contribution in [3.8, 4) is 0 Å². The maximum atomic E-state index is 11.9. The molecule has 6 nitrogen and oxygen atoms in total. The molecule has 2 N–H and O–H groups in total. The first kappa shape index (κ1) is 14.5. The van der Waals surface area contributed by atoms with E-state index < -0.39 is 10.0 Å². The third kappa shape index (κ3) is 3.34. The van der Waals surface area contributed by atoms with Crippen LogP contribution in [0.25, 0.3) is 0 Å². The van der Waals surface area contributed by atoms with Crippen LogP contribution in [-0.2, 0) is 16.6 Å². The zero-order chi connectivity index (χ0) is 14.0. The van der Waals surface area contributed by atoms with E-state index in [1.165, 1.54) is 19.9 Å². The van der Waals surface area contributed by atoms with E-state index in [2.05, 4.69) is 15.1 Å². The van der Waals surface area contributed by atoms with Gasteiger partial charge in [0.15, 0.2) is 0 Å². The molecule has 19 heavy (non-hydrogen) atoms. The third-order valence-corrected chi connectivity index (χ3v) is 5.08. The van der Waals surface area contributed by atoms with Gasteiger partial charge in [-0.1, -0.05) is 0 Å². The van der Waals surface area contributed by atoms with Crippen molar-refractivity contribution in [3.05, 3.63) is 11.4 Å². The Morgan fingerprint density at radius 1 is 1.37 bits per heavy atom. The van der Waals surface area contributed by atoms with Gasteiger partial charge in [-0.3, -0.25) is 4.68 Å². The SMILES string of the molecule is CNS(=O)(=O)c1c(C)nn(CCCNC2CC2)c1C. The van der Waals surface area contributed by atoms with Crippen molar-refractivity contribution in [2.45, 2.75) is 50.6 Å². The number of nitrogens with zero attached hydrogens (tertiary/aromatic N) is 2. The van der Waals surface area contributed by atoms with Gasteiger partial charge in [0.2, 0.25) is 10.0 Å². The van der Waals surface area contributed by atoms with E-state index in [0.29, 0.717) is 22.3 Å². The van der Waals surface area contributed by atoms with Gasteiger partial charge < -0.3 is 5.32 Å². The summed E-state index contributed by atoms with van der Waals surface area (Å²) in [4.78, 5) is 0.310. The summed E-state index contributed by atoms with van der Waals surface area (Å²) in [5, 5.41) is 7.76. The highest BCUT2D eigenvalue weighted by molar-refractivity contribution is 7.89. The summed E-state index contributed by atoms with van der Waals surface area (Å²) in [6.45, 7) is 5.23. The molecule has 0 bridgehead atoms. The van der Waals surface area contributed by atoms with E-state index in [1.54, 1.807) is 18.5 Å². The number of sulfonamides is 1. The van der Waals surface area contributed by atoms with E-state index in [-0.39, 0.29) is 0 Å². The molecule has 0 amide bonds. The Hall–Kier alpha value is -0.920. The Bertz CT molecular complexity index is 546. The first-order chi connectivity index (χ1) is 8.95. The molecule has 0 saturated heterocycles. The van der Waals surface area contributed by atoms with Crippen molar-refractivity contribution in [2.75, 3.05) is 13.6 Å². The molecular formula is C12H22N4O2S. The first-order valence-electron chi connectivity index (χ1n) is 6.66. The number of rotatable bonds is 7. The minimum atomic E-state index is -3.42. The molecule has 1 aromatic heterocycles. The molecule has 0 aliphatic heterocycles. The number of aromatic nitrogens is 2. The van der Waals surface area contributed by atoms with Crippen LogP contribution < -0.4 is 10.0 Å². The molecule has 1 saturated carbocycles. The van der Waals surface area contributed by atoms with Gasteiger partial charge in [0.1, 0.15) is 4.90 Å². The molecular weight excluding hydrogens is 264 g/mol. The highest BCUT2D eigenvalue weighted by atomic mass is 32.2. The van der Waals surface area contributed by atoms with Gasteiger partial charge in [-0.15, -0.1) is 0 Å². The summed E-state index contributed by atoms with van der Waals surface area (Å²) in [6.07, 6.45) is 3.52. The van der Waals surface area contributed by atoms with Crippen LogP contribution in [0, 0.1) is 13.8 Å². The zero-order valence-electron chi connectivity index (χ0n) is 11.7. The third-order valence-electron chi connectivity index (χ3n) is 3.41. The molecule has 1 aromatic rings. The lowest BCUT2D eigenvalue weighted by molar-refractivity contribution is 0.529. The van der Waals surface area contributed by atoms with Gasteiger partial charge in [0.05, 0.1) is 11.4 Å². The molecule has 1 aliphatic carbocycles. The summed E-state index contributed by atoms with van der Waals surface area (Å²) < 4.78 is 27.9. The monoisotopic (exact) mass is 286 g/mol. The van der Waals surface area contributed by atoms with E-state index in [0.717, 1.165) is 19.5 Å². The predicted molar refractivity (Wildman–Crippen MR) is 73.6 cm³/mol. The maximum Gasteiger partial charge on any atom is 0.243 e. The highest BCUT2D eigenvalue weighted by Gasteiger charge is 2.23. The summed E-state index contributed by atoms with van der Waals surface area (Å²) in [5.41, 5.74) is 1.26. The molecule has 1 aliphatic rings. The van der Waals surface area contributed by atoms with Gasteiger partial charge in [0, 0.05) is 12.6 Å². The second kappa shape index (κ2) is 5.60. The average molecular weight is 286 g/mol. The van der Waals surface area contributed by atoms with E-state index >= 15 is 0 Å². The lowest BCUT2D eigenvalue weighted by atomic mass is 10.3. The molecule has 1 heterocycles. The van der Waals surface area contributed by atoms with E-state index in [9.17, 15) is 8.42 Å². The molecule has 108 valence electrons. The summed E-state index contributed by atoms with van der Waals surface area (Å²) in [6, 6.07) is 0.709. The maximum absolute atomic E-state index is 11.9. The van der Waals surface area contributed by atoms with Gasteiger partial charge in [-0.2, -0.15) is 5.10 Å². The van der Waals surface area contributed by atoms with Crippen LogP contribution >= 0.6 is 0 Å². The Labute approximate surface area is 114 Å². The first-order valence-corrected chi connectivity index (χ1v) is 8.15. The van der Waals surface area contributed by atoms with Gasteiger partial charge in [0.25, 0.3) is 0 Å².